The molecule has 0 aliphatic rings. The lowest BCUT2D eigenvalue weighted by Crippen LogP contribution is -1.99. The zero-order chi connectivity index (χ0) is 28.1. The Morgan fingerprint density at radius 2 is 1.00 bits per heavy atom. The van der Waals surface area contributed by atoms with Crippen LogP contribution < -0.4 is 0 Å². The summed E-state index contributed by atoms with van der Waals surface area (Å²) in [4.78, 5) is 9.67. The zero-order valence-electron chi connectivity index (χ0n) is 23.0. The van der Waals surface area contributed by atoms with Crippen LogP contribution in [0.4, 0.5) is 0 Å². The lowest BCUT2D eigenvalue weighted by atomic mass is 9.96. The summed E-state index contributed by atoms with van der Waals surface area (Å²) in [6.07, 6.45) is 7.87. The smallest absolute Gasteiger partial charge is 0.145 e. The highest BCUT2D eigenvalue weighted by molar-refractivity contribution is 6.42. The van der Waals surface area contributed by atoms with E-state index in [2.05, 4.69) is 140 Å². The van der Waals surface area contributed by atoms with Gasteiger partial charge in [-0.3, -0.25) is 9.38 Å². The van der Waals surface area contributed by atoms with Gasteiger partial charge in [0.05, 0.1) is 27.6 Å². The van der Waals surface area contributed by atoms with E-state index in [0.29, 0.717) is 0 Å². The summed E-state index contributed by atoms with van der Waals surface area (Å²) in [6.45, 7) is 0. The van der Waals surface area contributed by atoms with Gasteiger partial charge in [0, 0.05) is 73.9 Å². The molecule has 0 saturated carbocycles. The Kier molecular flexibility index (Phi) is 4.39. The van der Waals surface area contributed by atoms with Gasteiger partial charge in [-0.15, -0.1) is 0 Å². The molecule has 0 saturated heterocycles. The number of aromatic nitrogens is 5. The second kappa shape index (κ2) is 8.30. The van der Waals surface area contributed by atoms with E-state index in [1.54, 1.807) is 0 Å². The van der Waals surface area contributed by atoms with Gasteiger partial charge in [0.2, 0.25) is 0 Å². The second-order valence-electron chi connectivity index (χ2n) is 11.1. The molecule has 5 heterocycles. The largest absolute Gasteiger partial charge is 0.307 e. The molecule has 0 N–H and O–H groups in total. The van der Waals surface area contributed by atoms with Gasteiger partial charge >= 0.3 is 0 Å². The molecule has 0 aliphatic carbocycles. The third kappa shape index (κ3) is 2.85. The quantitative estimate of drug-likeness (QED) is 0.202. The maximum absolute atomic E-state index is 5.01. The minimum absolute atomic E-state index is 0.952. The molecular formula is C38H23N5. The molecule has 43 heavy (non-hydrogen) atoms. The summed E-state index contributed by atoms with van der Waals surface area (Å²) >= 11 is 0. The van der Waals surface area contributed by atoms with Gasteiger partial charge in [0.1, 0.15) is 5.65 Å². The van der Waals surface area contributed by atoms with E-state index in [9.17, 15) is 0 Å². The Balaban J connectivity index is 1.67. The molecule has 0 amide bonds. The van der Waals surface area contributed by atoms with E-state index in [4.69, 9.17) is 4.98 Å². The van der Waals surface area contributed by atoms with E-state index in [1.165, 1.54) is 49.0 Å². The van der Waals surface area contributed by atoms with Crippen molar-refractivity contribution in [3.63, 3.8) is 0 Å². The van der Waals surface area contributed by atoms with Crippen molar-refractivity contribution in [2.75, 3.05) is 0 Å². The van der Waals surface area contributed by atoms with Crippen molar-refractivity contribution in [2.24, 2.45) is 0 Å². The first-order valence-electron chi connectivity index (χ1n) is 14.5. The van der Waals surface area contributed by atoms with Crippen molar-refractivity contribution in [3.05, 3.63) is 140 Å². The highest BCUT2D eigenvalue weighted by atomic mass is 15.1. The van der Waals surface area contributed by atoms with E-state index in [-0.39, 0.29) is 0 Å². The van der Waals surface area contributed by atoms with E-state index in [1.807, 2.05) is 18.6 Å². The van der Waals surface area contributed by atoms with Gasteiger partial charge in [-0.2, -0.15) is 0 Å². The van der Waals surface area contributed by atoms with Crippen LogP contribution in [-0.2, 0) is 0 Å². The highest BCUT2D eigenvalue weighted by Gasteiger charge is 2.27. The lowest BCUT2D eigenvalue weighted by Gasteiger charge is -2.15. The molecule has 0 radical (unpaired) electrons. The first-order chi connectivity index (χ1) is 21.4. The number of hydrogen-bond donors (Lipinski definition) is 0. The predicted octanol–water partition coefficient (Wildman–Crippen LogP) is 9.23. The van der Waals surface area contributed by atoms with E-state index >= 15 is 0 Å². The third-order valence-electron chi connectivity index (χ3n) is 8.94. The Morgan fingerprint density at radius 3 is 1.63 bits per heavy atom. The molecule has 5 aromatic carbocycles. The number of benzene rings is 5. The van der Waals surface area contributed by atoms with Gasteiger partial charge in [-0.1, -0.05) is 72.8 Å². The number of hydrogen-bond acceptors (Lipinski definition) is 2. The van der Waals surface area contributed by atoms with Gasteiger partial charge in [0.25, 0.3) is 0 Å². The van der Waals surface area contributed by atoms with E-state index in [0.717, 1.165) is 33.3 Å². The Hall–Kier alpha value is -5.94. The fraction of sp³-hybridized carbons (Fsp3) is 0. The molecule has 5 nitrogen and oxygen atoms in total. The standard InChI is InChI=1S/C38H23N5/c1-3-11-24(12-4-1)42-30-17-9-7-15-26(30)33-32-28-23-39-20-19-29(28)41-22-21-40-38(41)35(32)34-27-16-8-10-18-31(27)43(37(34)36(33)42)25-13-5-2-6-14-25/h1-23H. The Bertz CT molecular complexity index is 2710. The number of rotatable bonds is 2. The summed E-state index contributed by atoms with van der Waals surface area (Å²) in [5.74, 6) is 0. The SMILES string of the molecule is c1ccc(-n2c3ccccc3c3c4c5cnccc5n5ccnc5c4c4c5ccccc5n(-c5ccccc5)c4c32)cc1. The van der Waals surface area contributed by atoms with Crippen LogP contribution >= 0.6 is 0 Å². The molecule has 0 fully saturated rings. The maximum Gasteiger partial charge on any atom is 0.145 e. The van der Waals surface area contributed by atoms with Crippen LogP contribution in [0.15, 0.2) is 140 Å². The summed E-state index contributed by atoms with van der Waals surface area (Å²) in [5.41, 5.74) is 8.98. The molecule has 10 aromatic rings. The number of nitrogens with zero attached hydrogens (tertiary/aromatic N) is 5. The van der Waals surface area contributed by atoms with Crippen LogP contribution in [0, 0.1) is 0 Å². The van der Waals surface area contributed by atoms with Crippen LogP contribution in [0.2, 0.25) is 0 Å². The number of fused-ring (bicyclic) bond motifs is 15. The molecule has 10 rings (SSSR count). The Labute approximate surface area is 245 Å². The first kappa shape index (κ1) is 22.7. The molecule has 5 heteroatoms. The van der Waals surface area contributed by atoms with Crippen molar-refractivity contribution >= 4 is 70.9 Å². The van der Waals surface area contributed by atoms with Crippen LogP contribution in [0.5, 0.6) is 0 Å². The van der Waals surface area contributed by atoms with Gasteiger partial charge in [-0.25, -0.2) is 4.98 Å². The number of para-hydroxylation sites is 4. The van der Waals surface area contributed by atoms with Crippen molar-refractivity contribution < 1.29 is 0 Å². The minimum atomic E-state index is 0.952. The summed E-state index contributed by atoms with van der Waals surface area (Å²) in [5, 5.41) is 8.27. The topological polar surface area (TPSA) is 40.1 Å². The van der Waals surface area contributed by atoms with Crippen LogP contribution in [0.1, 0.15) is 0 Å². The highest BCUT2D eigenvalue weighted by Crippen LogP contribution is 2.49. The van der Waals surface area contributed by atoms with Gasteiger partial charge in [-0.05, 0) is 42.5 Å². The minimum Gasteiger partial charge on any atom is -0.307 e. The summed E-state index contributed by atoms with van der Waals surface area (Å²) < 4.78 is 7.11. The van der Waals surface area contributed by atoms with Gasteiger partial charge in [0.15, 0.2) is 0 Å². The third-order valence-corrected chi connectivity index (χ3v) is 8.94. The van der Waals surface area contributed by atoms with Crippen molar-refractivity contribution in [3.8, 4) is 11.4 Å². The van der Waals surface area contributed by atoms with Crippen LogP contribution in [0.3, 0.4) is 0 Å². The molecular weight excluding hydrogens is 526 g/mol. The average molecular weight is 550 g/mol. The predicted molar refractivity (Wildman–Crippen MR) is 177 cm³/mol. The molecule has 0 bridgehead atoms. The number of pyridine rings is 2. The molecule has 0 aliphatic heterocycles. The fourth-order valence-electron chi connectivity index (χ4n) is 7.34. The normalized spacial score (nSPS) is 12.2. The zero-order valence-corrected chi connectivity index (χ0v) is 23.0. The van der Waals surface area contributed by atoms with Crippen molar-refractivity contribution in [1.82, 2.24) is 23.5 Å². The molecule has 200 valence electrons. The van der Waals surface area contributed by atoms with Crippen molar-refractivity contribution in [2.45, 2.75) is 0 Å². The molecule has 0 unspecified atom stereocenters. The molecule has 0 spiro atoms. The number of imidazole rings is 1. The van der Waals surface area contributed by atoms with E-state index < -0.39 is 0 Å². The monoisotopic (exact) mass is 549 g/mol. The van der Waals surface area contributed by atoms with Gasteiger partial charge < -0.3 is 9.13 Å². The Morgan fingerprint density at radius 1 is 0.442 bits per heavy atom. The summed E-state index contributed by atoms with van der Waals surface area (Å²) in [7, 11) is 0. The maximum atomic E-state index is 5.01. The molecule has 0 atom stereocenters. The average Bonchev–Trinajstić information content (AvgIpc) is 3.79. The van der Waals surface area contributed by atoms with Crippen LogP contribution in [0.25, 0.3) is 82.3 Å². The first-order valence-corrected chi connectivity index (χ1v) is 14.5. The lowest BCUT2D eigenvalue weighted by molar-refractivity contribution is 1.15. The summed E-state index contributed by atoms with van der Waals surface area (Å²) in [6, 6.07) is 41.1. The second-order valence-corrected chi connectivity index (χ2v) is 11.1. The molecule has 5 aromatic heterocycles. The van der Waals surface area contributed by atoms with Crippen molar-refractivity contribution in [1.29, 1.82) is 0 Å². The fourth-order valence-corrected chi connectivity index (χ4v) is 7.34. The van der Waals surface area contributed by atoms with Crippen LogP contribution in [-0.4, -0.2) is 23.5 Å².